The molecule has 3 aromatic rings. The van der Waals surface area contributed by atoms with Gasteiger partial charge in [0.15, 0.2) is 17.2 Å². The third-order valence-electron chi connectivity index (χ3n) is 3.25. The molecule has 1 aromatic carbocycles. The predicted molar refractivity (Wildman–Crippen MR) is 86.5 cm³/mol. The number of hydrogen-bond acceptors (Lipinski definition) is 4. The standard InChI is InChI=1S/C16H16FN5O2/c1-11(24-13-7-3-2-6-12(13)17)10-18-16(23)19-15-21-20-14-8-4-5-9-22(14)15/h2-9,11H,10H2,1H3,(H2,18,19,21,23)/t11-/m1/s1. The lowest BCUT2D eigenvalue weighted by Gasteiger charge is -2.15. The molecule has 2 N–H and O–H groups in total. The number of halogens is 1. The first kappa shape index (κ1) is 15.7. The van der Waals surface area contributed by atoms with Crippen molar-refractivity contribution in [1.82, 2.24) is 19.9 Å². The lowest BCUT2D eigenvalue weighted by Crippen LogP contribution is -2.36. The number of carbonyl (C=O) groups excluding carboxylic acids is 1. The minimum Gasteiger partial charge on any atom is -0.486 e. The number of anilines is 1. The van der Waals surface area contributed by atoms with Gasteiger partial charge < -0.3 is 10.1 Å². The molecule has 0 aliphatic carbocycles. The zero-order valence-electron chi connectivity index (χ0n) is 12.9. The molecule has 0 saturated heterocycles. The highest BCUT2D eigenvalue weighted by Gasteiger charge is 2.12. The maximum absolute atomic E-state index is 13.5. The normalized spacial score (nSPS) is 11.9. The second-order valence-corrected chi connectivity index (χ2v) is 5.15. The van der Waals surface area contributed by atoms with Crippen molar-refractivity contribution in [3.8, 4) is 5.75 Å². The van der Waals surface area contributed by atoms with Crippen molar-refractivity contribution in [2.45, 2.75) is 13.0 Å². The Morgan fingerprint density at radius 1 is 1.25 bits per heavy atom. The fourth-order valence-electron chi connectivity index (χ4n) is 2.11. The van der Waals surface area contributed by atoms with E-state index in [9.17, 15) is 9.18 Å². The van der Waals surface area contributed by atoms with Crippen LogP contribution in [0.5, 0.6) is 5.75 Å². The SMILES string of the molecule is C[C@H](CNC(=O)Nc1nnc2ccccn12)Oc1ccccc1F. The van der Waals surface area contributed by atoms with Crippen LogP contribution in [0.2, 0.25) is 0 Å². The number of rotatable bonds is 5. The van der Waals surface area contributed by atoms with E-state index in [2.05, 4.69) is 20.8 Å². The third kappa shape index (κ3) is 3.60. The van der Waals surface area contributed by atoms with Crippen molar-refractivity contribution >= 4 is 17.6 Å². The van der Waals surface area contributed by atoms with E-state index in [0.29, 0.717) is 11.6 Å². The van der Waals surface area contributed by atoms with Crippen LogP contribution in [-0.2, 0) is 0 Å². The summed E-state index contributed by atoms with van der Waals surface area (Å²) in [5, 5.41) is 13.1. The molecular formula is C16H16FN5O2. The van der Waals surface area contributed by atoms with Gasteiger partial charge in [-0.2, -0.15) is 0 Å². The van der Waals surface area contributed by atoms with E-state index in [1.54, 1.807) is 35.7 Å². The van der Waals surface area contributed by atoms with Gasteiger partial charge in [-0.25, -0.2) is 9.18 Å². The van der Waals surface area contributed by atoms with Crippen LogP contribution in [0.4, 0.5) is 15.1 Å². The van der Waals surface area contributed by atoms with E-state index in [4.69, 9.17) is 4.74 Å². The largest absolute Gasteiger partial charge is 0.486 e. The molecular weight excluding hydrogens is 313 g/mol. The first-order valence-corrected chi connectivity index (χ1v) is 7.39. The molecule has 0 aliphatic rings. The molecule has 2 aromatic heterocycles. The summed E-state index contributed by atoms with van der Waals surface area (Å²) in [5.41, 5.74) is 0.629. The summed E-state index contributed by atoms with van der Waals surface area (Å²) >= 11 is 0. The van der Waals surface area contributed by atoms with Crippen LogP contribution in [0.1, 0.15) is 6.92 Å². The van der Waals surface area contributed by atoms with Gasteiger partial charge in [0.25, 0.3) is 0 Å². The molecule has 8 heteroatoms. The molecule has 3 rings (SSSR count). The van der Waals surface area contributed by atoms with Crippen molar-refractivity contribution in [1.29, 1.82) is 0 Å². The number of urea groups is 1. The van der Waals surface area contributed by atoms with E-state index in [0.717, 1.165) is 0 Å². The topological polar surface area (TPSA) is 80.5 Å². The Labute approximate surface area is 137 Å². The molecule has 0 fully saturated rings. The number of pyridine rings is 1. The zero-order chi connectivity index (χ0) is 16.9. The van der Waals surface area contributed by atoms with Gasteiger partial charge in [-0.15, -0.1) is 10.2 Å². The summed E-state index contributed by atoms with van der Waals surface area (Å²) in [6.45, 7) is 1.94. The molecule has 0 unspecified atom stereocenters. The van der Waals surface area contributed by atoms with Crippen molar-refractivity contribution in [2.75, 3.05) is 11.9 Å². The molecule has 0 bridgehead atoms. The fraction of sp³-hybridized carbons (Fsp3) is 0.188. The molecule has 2 heterocycles. The van der Waals surface area contributed by atoms with Crippen LogP contribution in [0, 0.1) is 5.82 Å². The van der Waals surface area contributed by atoms with Gasteiger partial charge in [0.1, 0.15) is 6.10 Å². The second kappa shape index (κ2) is 6.95. The van der Waals surface area contributed by atoms with Crippen molar-refractivity contribution in [2.24, 2.45) is 0 Å². The average Bonchev–Trinajstić information content (AvgIpc) is 2.98. The first-order valence-electron chi connectivity index (χ1n) is 7.39. The minimum absolute atomic E-state index is 0.149. The van der Waals surface area contributed by atoms with Crippen LogP contribution < -0.4 is 15.4 Å². The summed E-state index contributed by atoms with van der Waals surface area (Å²) in [5.74, 6) is 0.0187. The number of fused-ring (bicyclic) bond motifs is 1. The fourth-order valence-corrected chi connectivity index (χ4v) is 2.11. The molecule has 0 aliphatic heterocycles. The lowest BCUT2D eigenvalue weighted by atomic mass is 10.3. The van der Waals surface area contributed by atoms with Gasteiger partial charge >= 0.3 is 6.03 Å². The highest BCUT2D eigenvalue weighted by atomic mass is 19.1. The van der Waals surface area contributed by atoms with Gasteiger partial charge in [-0.05, 0) is 31.2 Å². The molecule has 0 saturated carbocycles. The van der Waals surface area contributed by atoms with Gasteiger partial charge in [0.2, 0.25) is 5.95 Å². The Balaban J connectivity index is 1.53. The molecule has 124 valence electrons. The number of nitrogens with one attached hydrogen (secondary N) is 2. The summed E-state index contributed by atoms with van der Waals surface area (Å²) in [6.07, 6.45) is 1.34. The van der Waals surface area contributed by atoms with Gasteiger partial charge in [-0.1, -0.05) is 18.2 Å². The Bertz CT molecular complexity index is 851. The average molecular weight is 329 g/mol. The Morgan fingerprint density at radius 3 is 2.88 bits per heavy atom. The smallest absolute Gasteiger partial charge is 0.321 e. The molecule has 0 radical (unpaired) electrons. The highest BCUT2D eigenvalue weighted by molar-refractivity contribution is 5.87. The monoisotopic (exact) mass is 329 g/mol. The van der Waals surface area contributed by atoms with Crippen molar-refractivity contribution in [3.63, 3.8) is 0 Å². The Morgan fingerprint density at radius 2 is 2.04 bits per heavy atom. The van der Waals surface area contributed by atoms with E-state index in [1.807, 2.05) is 12.1 Å². The number of aromatic nitrogens is 3. The predicted octanol–water partition coefficient (Wildman–Crippen LogP) is 2.46. The molecule has 0 spiro atoms. The summed E-state index contributed by atoms with van der Waals surface area (Å²) in [6, 6.07) is 11.1. The number of amides is 2. The lowest BCUT2D eigenvalue weighted by molar-refractivity contribution is 0.205. The quantitative estimate of drug-likeness (QED) is 0.753. The maximum atomic E-state index is 13.5. The van der Waals surface area contributed by atoms with Crippen LogP contribution in [0.15, 0.2) is 48.7 Å². The van der Waals surface area contributed by atoms with Crippen LogP contribution >= 0.6 is 0 Å². The molecule has 7 nitrogen and oxygen atoms in total. The molecule has 1 atom stereocenters. The maximum Gasteiger partial charge on any atom is 0.321 e. The number of carbonyl (C=O) groups is 1. The summed E-state index contributed by atoms with van der Waals surface area (Å²) in [4.78, 5) is 11.9. The highest BCUT2D eigenvalue weighted by Crippen LogP contribution is 2.16. The second-order valence-electron chi connectivity index (χ2n) is 5.15. The number of nitrogens with zero attached hydrogens (tertiary/aromatic N) is 3. The number of ether oxygens (including phenoxy) is 1. The molecule has 24 heavy (non-hydrogen) atoms. The van der Waals surface area contributed by atoms with E-state index in [-0.39, 0.29) is 12.3 Å². The van der Waals surface area contributed by atoms with Gasteiger partial charge in [-0.3, -0.25) is 9.72 Å². The van der Waals surface area contributed by atoms with Crippen LogP contribution in [0.3, 0.4) is 0 Å². The number of para-hydroxylation sites is 1. The van der Waals surface area contributed by atoms with Gasteiger partial charge in [0.05, 0.1) is 6.54 Å². The van der Waals surface area contributed by atoms with E-state index >= 15 is 0 Å². The zero-order valence-corrected chi connectivity index (χ0v) is 12.9. The van der Waals surface area contributed by atoms with Crippen molar-refractivity contribution in [3.05, 3.63) is 54.5 Å². The Kier molecular flexibility index (Phi) is 4.55. The Hall–Kier alpha value is -3.16. The van der Waals surface area contributed by atoms with Crippen LogP contribution in [-0.4, -0.2) is 33.3 Å². The summed E-state index contributed by atoms with van der Waals surface area (Å²) < 4.78 is 20.6. The summed E-state index contributed by atoms with van der Waals surface area (Å²) in [7, 11) is 0. The van der Waals surface area contributed by atoms with Crippen molar-refractivity contribution < 1.29 is 13.9 Å². The minimum atomic E-state index is -0.447. The first-order chi connectivity index (χ1) is 11.6. The number of benzene rings is 1. The van der Waals surface area contributed by atoms with E-state index < -0.39 is 18.0 Å². The number of hydrogen-bond donors (Lipinski definition) is 2. The molecule has 2 amide bonds. The van der Waals surface area contributed by atoms with E-state index in [1.165, 1.54) is 12.1 Å². The third-order valence-corrected chi connectivity index (χ3v) is 3.25. The van der Waals surface area contributed by atoms with Gasteiger partial charge in [0, 0.05) is 6.20 Å². The van der Waals surface area contributed by atoms with Crippen LogP contribution in [0.25, 0.3) is 5.65 Å².